The Balaban J connectivity index is 1.76. The number of nitrogens with zero attached hydrogens (tertiary/aromatic N) is 1. The van der Waals surface area contributed by atoms with E-state index in [0.717, 1.165) is 35.2 Å². The van der Waals surface area contributed by atoms with Crippen molar-refractivity contribution in [3.8, 4) is 0 Å². The highest BCUT2D eigenvalue weighted by Gasteiger charge is 2.35. The second-order valence-electron chi connectivity index (χ2n) is 6.34. The first-order valence-corrected chi connectivity index (χ1v) is 8.72. The molecule has 114 valence electrons. The molecule has 0 spiro atoms. The van der Waals surface area contributed by atoms with Gasteiger partial charge in [0.2, 0.25) is 0 Å². The summed E-state index contributed by atoms with van der Waals surface area (Å²) in [5, 5.41) is 3.40. The van der Waals surface area contributed by atoms with Gasteiger partial charge in [-0.2, -0.15) is 0 Å². The van der Waals surface area contributed by atoms with Gasteiger partial charge in [-0.15, -0.1) is 0 Å². The third kappa shape index (κ3) is 3.67. The van der Waals surface area contributed by atoms with E-state index in [9.17, 15) is 4.79 Å². The Kier molecular flexibility index (Phi) is 4.65. The molecular formula is C17H23BrN2O. The summed E-state index contributed by atoms with van der Waals surface area (Å²) < 4.78 is 0.981. The third-order valence-electron chi connectivity index (χ3n) is 4.59. The van der Waals surface area contributed by atoms with Gasteiger partial charge in [0.15, 0.2) is 0 Å². The average molecular weight is 351 g/mol. The molecular weight excluding hydrogens is 328 g/mol. The molecule has 1 aromatic carbocycles. The van der Waals surface area contributed by atoms with Crippen molar-refractivity contribution >= 4 is 21.8 Å². The van der Waals surface area contributed by atoms with E-state index in [1.165, 1.54) is 25.7 Å². The highest BCUT2D eigenvalue weighted by atomic mass is 79.9. The maximum absolute atomic E-state index is 13.0. The largest absolute Gasteiger partial charge is 0.335 e. The summed E-state index contributed by atoms with van der Waals surface area (Å²) in [5.74, 6) is 0.873. The van der Waals surface area contributed by atoms with Crippen molar-refractivity contribution in [2.24, 2.45) is 5.92 Å². The van der Waals surface area contributed by atoms with Crippen LogP contribution >= 0.6 is 15.9 Å². The lowest BCUT2D eigenvalue weighted by atomic mass is 9.97. The highest BCUT2D eigenvalue weighted by molar-refractivity contribution is 9.10. The summed E-state index contributed by atoms with van der Waals surface area (Å²) in [5.41, 5.74) is 1.92. The maximum Gasteiger partial charge on any atom is 0.254 e. The van der Waals surface area contributed by atoms with Crippen LogP contribution in [0, 0.1) is 12.8 Å². The third-order valence-corrected chi connectivity index (χ3v) is 5.09. The van der Waals surface area contributed by atoms with Crippen LogP contribution in [0.15, 0.2) is 22.7 Å². The molecule has 21 heavy (non-hydrogen) atoms. The number of carbonyl (C=O) groups is 1. The van der Waals surface area contributed by atoms with E-state index in [2.05, 4.69) is 26.1 Å². The zero-order valence-electron chi connectivity index (χ0n) is 12.6. The maximum atomic E-state index is 13.0. The van der Waals surface area contributed by atoms with Crippen molar-refractivity contribution < 1.29 is 4.79 Å². The van der Waals surface area contributed by atoms with Gasteiger partial charge >= 0.3 is 0 Å². The molecule has 1 amide bonds. The molecule has 0 aromatic heterocycles. The van der Waals surface area contributed by atoms with Crippen molar-refractivity contribution in [2.75, 3.05) is 19.6 Å². The van der Waals surface area contributed by atoms with Gasteiger partial charge in [-0.3, -0.25) is 4.79 Å². The van der Waals surface area contributed by atoms with Gasteiger partial charge < -0.3 is 10.2 Å². The summed E-state index contributed by atoms with van der Waals surface area (Å²) in [4.78, 5) is 15.1. The Morgan fingerprint density at radius 3 is 2.67 bits per heavy atom. The van der Waals surface area contributed by atoms with Crippen LogP contribution < -0.4 is 5.32 Å². The first kappa shape index (κ1) is 15.0. The highest BCUT2D eigenvalue weighted by Crippen LogP contribution is 2.31. The summed E-state index contributed by atoms with van der Waals surface area (Å²) in [6, 6.07) is 6.47. The van der Waals surface area contributed by atoms with E-state index in [1.807, 2.05) is 25.1 Å². The second kappa shape index (κ2) is 6.49. The van der Waals surface area contributed by atoms with Crippen LogP contribution in [0.5, 0.6) is 0 Å². The summed E-state index contributed by atoms with van der Waals surface area (Å²) >= 11 is 3.49. The van der Waals surface area contributed by atoms with Crippen molar-refractivity contribution in [3.63, 3.8) is 0 Å². The second-order valence-corrected chi connectivity index (χ2v) is 7.26. The summed E-state index contributed by atoms with van der Waals surface area (Å²) in [6.45, 7) is 5.13. The minimum Gasteiger partial charge on any atom is -0.335 e. The normalized spacial score (nSPS) is 19.5. The van der Waals surface area contributed by atoms with E-state index in [1.54, 1.807) is 0 Å². The van der Waals surface area contributed by atoms with Crippen LogP contribution in [0.3, 0.4) is 0 Å². The molecule has 3 nitrogen and oxygen atoms in total. The van der Waals surface area contributed by atoms with Gasteiger partial charge in [-0.25, -0.2) is 0 Å². The Bertz CT molecular complexity index is 522. The number of carbonyl (C=O) groups excluding carboxylic acids is 1. The first-order chi connectivity index (χ1) is 10.1. The number of benzene rings is 1. The molecule has 2 aliphatic rings. The van der Waals surface area contributed by atoms with Gasteiger partial charge in [0, 0.05) is 22.6 Å². The minimum absolute atomic E-state index is 0.217. The van der Waals surface area contributed by atoms with Gasteiger partial charge in [0.05, 0.1) is 0 Å². The summed E-state index contributed by atoms with van der Waals surface area (Å²) in [7, 11) is 0. The van der Waals surface area contributed by atoms with Crippen molar-refractivity contribution in [1.82, 2.24) is 10.2 Å². The fourth-order valence-corrected chi connectivity index (χ4v) is 3.47. The predicted molar refractivity (Wildman–Crippen MR) is 88.5 cm³/mol. The van der Waals surface area contributed by atoms with Gasteiger partial charge in [0.25, 0.3) is 5.91 Å². The summed E-state index contributed by atoms with van der Waals surface area (Å²) in [6.07, 6.45) is 4.72. The number of halogens is 1. The molecule has 1 saturated heterocycles. The van der Waals surface area contributed by atoms with Crippen LogP contribution in [0.25, 0.3) is 0 Å². The van der Waals surface area contributed by atoms with Gasteiger partial charge in [-0.05, 0) is 69.3 Å². The van der Waals surface area contributed by atoms with E-state index < -0.39 is 0 Å². The predicted octanol–water partition coefficient (Wildman–Crippen LogP) is 3.36. The fourth-order valence-electron chi connectivity index (χ4n) is 3.11. The number of amides is 1. The SMILES string of the molecule is Cc1ccc(Br)cc1C(=O)N(CC1CCNCC1)C1CC1. The Morgan fingerprint density at radius 1 is 1.29 bits per heavy atom. The number of rotatable bonds is 4. The van der Waals surface area contributed by atoms with Crippen molar-refractivity contribution in [1.29, 1.82) is 0 Å². The van der Waals surface area contributed by atoms with Crippen LogP contribution in [-0.4, -0.2) is 36.5 Å². The molecule has 1 saturated carbocycles. The lowest BCUT2D eigenvalue weighted by molar-refractivity contribution is 0.0701. The molecule has 1 aliphatic heterocycles. The van der Waals surface area contributed by atoms with E-state index in [0.29, 0.717) is 12.0 Å². The number of hydrogen-bond donors (Lipinski definition) is 1. The molecule has 0 radical (unpaired) electrons. The van der Waals surface area contributed by atoms with Crippen molar-refractivity contribution in [3.05, 3.63) is 33.8 Å². The standard InChI is InChI=1S/C17H23BrN2O/c1-12-2-3-14(18)10-16(12)17(21)20(15-4-5-15)11-13-6-8-19-9-7-13/h2-3,10,13,15,19H,4-9,11H2,1H3. The van der Waals surface area contributed by atoms with E-state index in [4.69, 9.17) is 0 Å². The van der Waals surface area contributed by atoms with E-state index in [-0.39, 0.29) is 5.91 Å². The molecule has 4 heteroatoms. The topological polar surface area (TPSA) is 32.3 Å². The molecule has 1 heterocycles. The van der Waals surface area contributed by atoms with Crippen LogP contribution in [0.1, 0.15) is 41.6 Å². The van der Waals surface area contributed by atoms with Gasteiger partial charge in [0.1, 0.15) is 0 Å². The molecule has 0 bridgehead atoms. The van der Waals surface area contributed by atoms with Crippen LogP contribution in [0.2, 0.25) is 0 Å². The van der Waals surface area contributed by atoms with E-state index >= 15 is 0 Å². The molecule has 1 aliphatic carbocycles. The average Bonchev–Trinajstić information content (AvgIpc) is 3.32. The van der Waals surface area contributed by atoms with Gasteiger partial charge in [-0.1, -0.05) is 22.0 Å². The zero-order chi connectivity index (χ0) is 14.8. The number of hydrogen-bond acceptors (Lipinski definition) is 2. The fraction of sp³-hybridized carbons (Fsp3) is 0.588. The molecule has 1 aromatic rings. The number of piperidine rings is 1. The lowest BCUT2D eigenvalue weighted by Gasteiger charge is -2.30. The molecule has 0 unspecified atom stereocenters. The number of nitrogens with one attached hydrogen (secondary N) is 1. The first-order valence-electron chi connectivity index (χ1n) is 7.93. The molecule has 2 fully saturated rings. The van der Waals surface area contributed by atoms with Crippen molar-refractivity contribution in [2.45, 2.75) is 38.6 Å². The molecule has 0 atom stereocenters. The monoisotopic (exact) mass is 350 g/mol. The minimum atomic E-state index is 0.217. The zero-order valence-corrected chi connectivity index (χ0v) is 14.2. The Morgan fingerprint density at radius 2 is 2.00 bits per heavy atom. The molecule has 1 N–H and O–H groups in total. The Hall–Kier alpha value is -0.870. The number of aryl methyl sites for hydroxylation is 1. The molecule has 3 rings (SSSR count). The Labute approximate surface area is 135 Å². The van der Waals surface area contributed by atoms with Crippen LogP contribution in [0.4, 0.5) is 0 Å². The quantitative estimate of drug-likeness (QED) is 0.902. The lowest BCUT2D eigenvalue weighted by Crippen LogP contribution is -2.40. The van der Waals surface area contributed by atoms with Crippen LogP contribution in [-0.2, 0) is 0 Å². The smallest absolute Gasteiger partial charge is 0.254 e.